The molecule has 26 heavy (non-hydrogen) atoms. The van der Waals surface area contributed by atoms with Crippen LogP contribution in [0.25, 0.3) is 5.69 Å². The Morgan fingerprint density at radius 3 is 2.88 bits per heavy atom. The molecular formula is C19H26ClN5O. The maximum absolute atomic E-state index is 13.1. The molecule has 7 heteroatoms. The van der Waals surface area contributed by atoms with Crippen molar-refractivity contribution in [2.75, 3.05) is 13.1 Å². The molecule has 1 saturated heterocycles. The lowest BCUT2D eigenvalue weighted by Gasteiger charge is -2.38. The topological polar surface area (TPSA) is 71.8 Å². The van der Waals surface area contributed by atoms with Gasteiger partial charge >= 0.3 is 0 Å². The molecule has 3 atom stereocenters. The molecule has 0 radical (unpaired) electrons. The Morgan fingerprint density at radius 2 is 2.15 bits per heavy atom. The summed E-state index contributed by atoms with van der Waals surface area (Å²) >= 11 is 0. The van der Waals surface area contributed by atoms with E-state index in [2.05, 4.69) is 27.6 Å². The zero-order chi connectivity index (χ0) is 17.3. The molecule has 6 nitrogen and oxygen atoms in total. The number of nitrogens with one attached hydrogen (secondary N) is 2. The van der Waals surface area contributed by atoms with Gasteiger partial charge in [-0.3, -0.25) is 4.79 Å². The van der Waals surface area contributed by atoms with Gasteiger partial charge < -0.3 is 10.6 Å². The predicted octanol–water partition coefficient (Wildman–Crippen LogP) is 2.65. The number of carbonyl (C=O) groups excluding carboxylic acids is 1. The second-order valence-electron chi connectivity index (χ2n) is 7.36. The summed E-state index contributed by atoms with van der Waals surface area (Å²) in [6.07, 6.45) is 7.78. The van der Waals surface area contributed by atoms with Gasteiger partial charge in [-0.1, -0.05) is 25.0 Å². The average Bonchev–Trinajstić information content (AvgIpc) is 3.32. The Hall–Kier alpha value is -1.92. The van der Waals surface area contributed by atoms with Crippen LogP contribution in [0.5, 0.6) is 0 Å². The van der Waals surface area contributed by atoms with Gasteiger partial charge in [-0.15, -0.1) is 12.4 Å². The molecule has 1 saturated carbocycles. The van der Waals surface area contributed by atoms with Crippen molar-refractivity contribution in [1.29, 1.82) is 0 Å². The summed E-state index contributed by atoms with van der Waals surface area (Å²) in [5, 5.41) is 10.8. The number of benzene rings is 1. The Balaban J connectivity index is 0.00000196. The minimum atomic E-state index is -0.201. The van der Waals surface area contributed by atoms with E-state index in [1.54, 1.807) is 11.0 Å². The van der Waals surface area contributed by atoms with Crippen molar-refractivity contribution in [2.24, 2.45) is 11.3 Å². The molecule has 2 fully saturated rings. The normalized spacial score (nSPS) is 25.8. The van der Waals surface area contributed by atoms with E-state index in [9.17, 15) is 4.79 Å². The molecule has 2 aliphatic rings. The molecule has 140 valence electrons. The third-order valence-corrected chi connectivity index (χ3v) is 5.91. The van der Waals surface area contributed by atoms with Gasteiger partial charge in [-0.05, 0) is 49.9 Å². The largest absolute Gasteiger partial charge is 0.349 e. The molecular weight excluding hydrogens is 350 g/mol. The monoisotopic (exact) mass is 375 g/mol. The summed E-state index contributed by atoms with van der Waals surface area (Å²) in [4.78, 5) is 17.0. The molecule has 1 aromatic carbocycles. The fraction of sp³-hybridized carbons (Fsp3) is 0.526. The lowest BCUT2D eigenvalue weighted by atomic mass is 9.67. The highest BCUT2D eigenvalue weighted by Crippen LogP contribution is 2.44. The Kier molecular flexibility index (Phi) is 5.63. The van der Waals surface area contributed by atoms with Gasteiger partial charge in [0.25, 0.3) is 0 Å². The zero-order valence-corrected chi connectivity index (χ0v) is 15.8. The van der Waals surface area contributed by atoms with Crippen molar-refractivity contribution in [3.05, 3.63) is 42.5 Å². The van der Waals surface area contributed by atoms with Crippen molar-refractivity contribution < 1.29 is 4.79 Å². The molecule has 2 aromatic rings. The SMILES string of the molecule is CC(NC(=O)[C@@]12CCCC[C@H]1CNC2)c1ccc(-n2cncn2)cc1.Cl. The highest BCUT2D eigenvalue weighted by Gasteiger charge is 2.49. The van der Waals surface area contributed by atoms with Crippen LogP contribution < -0.4 is 10.6 Å². The minimum Gasteiger partial charge on any atom is -0.349 e. The third-order valence-electron chi connectivity index (χ3n) is 5.91. The number of carbonyl (C=O) groups is 1. The number of halogens is 1. The summed E-state index contributed by atoms with van der Waals surface area (Å²) in [5.41, 5.74) is 1.87. The van der Waals surface area contributed by atoms with Gasteiger partial charge in [-0.25, -0.2) is 9.67 Å². The number of hydrogen-bond donors (Lipinski definition) is 2. The average molecular weight is 376 g/mol. The van der Waals surface area contributed by atoms with Gasteiger partial charge in [0, 0.05) is 6.54 Å². The Labute approximate surface area is 160 Å². The highest BCUT2D eigenvalue weighted by molar-refractivity contribution is 5.85. The van der Waals surface area contributed by atoms with Gasteiger partial charge in [0.15, 0.2) is 0 Å². The van der Waals surface area contributed by atoms with E-state index in [1.165, 1.54) is 19.2 Å². The second-order valence-corrected chi connectivity index (χ2v) is 7.36. The van der Waals surface area contributed by atoms with E-state index in [0.717, 1.165) is 37.2 Å². The molecule has 1 aliphatic heterocycles. The van der Waals surface area contributed by atoms with Crippen molar-refractivity contribution in [1.82, 2.24) is 25.4 Å². The first-order valence-electron chi connectivity index (χ1n) is 9.16. The molecule has 1 amide bonds. The fourth-order valence-corrected chi connectivity index (χ4v) is 4.37. The lowest BCUT2D eigenvalue weighted by molar-refractivity contribution is -0.134. The van der Waals surface area contributed by atoms with Gasteiger partial charge in [0.2, 0.25) is 5.91 Å². The predicted molar refractivity (Wildman–Crippen MR) is 102 cm³/mol. The standard InChI is InChI=1S/C19H25N5O.ClH/c1-14(15-5-7-17(8-6-15)24-13-21-12-22-24)23-18(25)19-9-3-2-4-16(19)10-20-11-19;/h5-8,12-14,16,20H,2-4,9-11H2,1H3,(H,23,25);1H/t14?,16-,19+;/m0./s1. The molecule has 0 spiro atoms. The van der Waals surface area contributed by atoms with Crippen LogP contribution >= 0.6 is 12.4 Å². The van der Waals surface area contributed by atoms with Crippen molar-refractivity contribution in [3.63, 3.8) is 0 Å². The van der Waals surface area contributed by atoms with Gasteiger partial charge in [0.1, 0.15) is 12.7 Å². The molecule has 2 N–H and O–H groups in total. The first-order chi connectivity index (χ1) is 12.2. The quantitative estimate of drug-likeness (QED) is 0.861. The van der Waals surface area contributed by atoms with Gasteiger partial charge in [0.05, 0.1) is 17.1 Å². The van der Waals surface area contributed by atoms with Crippen LogP contribution in [0.3, 0.4) is 0 Å². The van der Waals surface area contributed by atoms with E-state index >= 15 is 0 Å². The molecule has 1 aliphatic carbocycles. The van der Waals surface area contributed by atoms with Crippen molar-refractivity contribution in [2.45, 2.75) is 38.6 Å². The number of aromatic nitrogens is 3. The van der Waals surface area contributed by atoms with Gasteiger partial charge in [-0.2, -0.15) is 5.10 Å². The van der Waals surface area contributed by atoms with Crippen LogP contribution in [-0.2, 0) is 4.79 Å². The van der Waals surface area contributed by atoms with Crippen LogP contribution in [0.1, 0.15) is 44.2 Å². The first-order valence-corrected chi connectivity index (χ1v) is 9.16. The summed E-state index contributed by atoms with van der Waals surface area (Å²) in [6.45, 7) is 3.86. The highest BCUT2D eigenvalue weighted by atomic mass is 35.5. The Bertz CT molecular complexity index is 733. The second kappa shape index (κ2) is 7.76. The summed E-state index contributed by atoms with van der Waals surface area (Å²) in [6, 6.07) is 8.10. The van der Waals surface area contributed by atoms with Crippen LogP contribution in [0.2, 0.25) is 0 Å². The van der Waals surface area contributed by atoms with Crippen LogP contribution in [0.4, 0.5) is 0 Å². The number of rotatable bonds is 4. The number of hydrogen-bond acceptors (Lipinski definition) is 4. The summed E-state index contributed by atoms with van der Waals surface area (Å²) < 4.78 is 1.73. The molecule has 4 rings (SSSR count). The number of amides is 1. The van der Waals surface area contributed by atoms with Crippen molar-refractivity contribution >= 4 is 18.3 Å². The zero-order valence-electron chi connectivity index (χ0n) is 15.0. The van der Waals surface area contributed by atoms with E-state index in [1.807, 2.05) is 24.3 Å². The first kappa shape index (κ1) is 18.9. The molecule has 1 unspecified atom stereocenters. The van der Waals surface area contributed by atoms with Crippen LogP contribution in [0.15, 0.2) is 36.9 Å². The molecule has 0 bridgehead atoms. The third kappa shape index (κ3) is 3.35. The molecule has 1 aromatic heterocycles. The molecule has 2 heterocycles. The van der Waals surface area contributed by atoms with E-state index in [4.69, 9.17) is 0 Å². The lowest BCUT2D eigenvalue weighted by Crippen LogP contribution is -2.48. The summed E-state index contributed by atoms with van der Waals surface area (Å²) in [7, 11) is 0. The number of fused-ring (bicyclic) bond motifs is 1. The number of nitrogens with zero attached hydrogens (tertiary/aromatic N) is 3. The van der Waals surface area contributed by atoms with Crippen LogP contribution in [-0.4, -0.2) is 33.8 Å². The maximum Gasteiger partial charge on any atom is 0.228 e. The van der Waals surface area contributed by atoms with E-state index in [0.29, 0.717) is 5.92 Å². The van der Waals surface area contributed by atoms with E-state index in [-0.39, 0.29) is 29.8 Å². The minimum absolute atomic E-state index is 0. The summed E-state index contributed by atoms with van der Waals surface area (Å²) in [5.74, 6) is 0.707. The maximum atomic E-state index is 13.1. The smallest absolute Gasteiger partial charge is 0.228 e. The fourth-order valence-electron chi connectivity index (χ4n) is 4.37. The van der Waals surface area contributed by atoms with Crippen molar-refractivity contribution in [3.8, 4) is 5.69 Å². The van der Waals surface area contributed by atoms with Crippen LogP contribution in [0, 0.1) is 11.3 Å². The van der Waals surface area contributed by atoms with E-state index < -0.39 is 0 Å². The Morgan fingerprint density at radius 1 is 1.35 bits per heavy atom.